The van der Waals surface area contributed by atoms with Crippen LogP contribution in [0.2, 0.25) is 0 Å². The molecule has 31 heavy (non-hydrogen) atoms. The van der Waals surface area contributed by atoms with Gasteiger partial charge in [-0.3, -0.25) is 14.5 Å². The van der Waals surface area contributed by atoms with Crippen molar-refractivity contribution < 1.29 is 4.74 Å². The number of hydrogen-bond acceptors (Lipinski definition) is 7. The number of nitrogens with one attached hydrogen (secondary N) is 1. The topological polar surface area (TPSA) is 125 Å². The van der Waals surface area contributed by atoms with Crippen molar-refractivity contribution in [1.29, 1.82) is 0 Å². The Morgan fingerprint density at radius 1 is 1.16 bits per heavy atom. The normalized spacial score (nSPS) is 11.2. The minimum atomic E-state index is -0.319. The summed E-state index contributed by atoms with van der Waals surface area (Å²) >= 11 is 0. The molecule has 0 bridgehead atoms. The Kier molecular flexibility index (Phi) is 5.92. The predicted octanol–water partition coefficient (Wildman–Crippen LogP) is 2.95. The largest absolute Gasteiger partial charge is 0.477 e. The zero-order valence-electron chi connectivity index (χ0n) is 17.6. The van der Waals surface area contributed by atoms with Gasteiger partial charge in [0.05, 0.1) is 42.0 Å². The van der Waals surface area contributed by atoms with Crippen molar-refractivity contribution in [1.82, 2.24) is 29.7 Å². The van der Waals surface area contributed by atoms with Crippen LogP contribution in [-0.4, -0.2) is 36.3 Å². The molecule has 9 heteroatoms. The highest BCUT2D eigenvalue weighted by molar-refractivity contribution is 5.79. The quantitative estimate of drug-likeness (QED) is 0.450. The lowest BCUT2D eigenvalue weighted by molar-refractivity contribution is 0.306. The van der Waals surface area contributed by atoms with Gasteiger partial charge in [-0.05, 0) is 31.0 Å². The molecule has 0 amide bonds. The highest BCUT2D eigenvalue weighted by atomic mass is 16.5. The Morgan fingerprint density at radius 3 is 2.77 bits per heavy atom. The predicted molar refractivity (Wildman–Crippen MR) is 119 cm³/mol. The van der Waals surface area contributed by atoms with Crippen molar-refractivity contribution in [2.45, 2.75) is 39.7 Å². The Morgan fingerprint density at radius 2 is 2.03 bits per heavy atom. The minimum absolute atomic E-state index is 0.302. The smallest absolute Gasteiger partial charge is 0.279 e. The zero-order valence-corrected chi connectivity index (χ0v) is 17.6. The Labute approximate surface area is 179 Å². The molecular weight excluding hydrogens is 394 g/mol. The number of aromatic amines is 1. The van der Waals surface area contributed by atoms with E-state index >= 15 is 0 Å². The third-order valence-electron chi connectivity index (χ3n) is 4.80. The molecule has 0 spiro atoms. The lowest BCUT2D eigenvalue weighted by atomic mass is 10.2. The molecule has 0 aliphatic rings. The van der Waals surface area contributed by atoms with Crippen molar-refractivity contribution in [3.05, 3.63) is 58.4 Å². The van der Waals surface area contributed by atoms with E-state index in [9.17, 15) is 4.79 Å². The van der Waals surface area contributed by atoms with E-state index in [4.69, 9.17) is 15.5 Å². The number of nitrogen functional groups attached to an aromatic ring is 1. The van der Waals surface area contributed by atoms with Crippen molar-refractivity contribution in [3.8, 4) is 17.3 Å². The molecule has 0 aliphatic heterocycles. The molecule has 9 nitrogen and oxygen atoms in total. The molecule has 4 aromatic heterocycles. The van der Waals surface area contributed by atoms with Crippen LogP contribution in [0.15, 0.2) is 41.5 Å². The highest BCUT2D eigenvalue weighted by Gasteiger charge is 2.19. The maximum atomic E-state index is 12.9. The van der Waals surface area contributed by atoms with E-state index in [1.165, 1.54) is 6.20 Å². The average Bonchev–Trinajstić information content (AvgIpc) is 3.11. The average molecular weight is 419 g/mol. The second kappa shape index (κ2) is 8.95. The third-order valence-corrected chi connectivity index (χ3v) is 4.80. The zero-order chi connectivity index (χ0) is 21.8. The van der Waals surface area contributed by atoms with Gasteiger partial charge < -0.3 is 15.5 Å². The van der Waals surface area contributed by atoms with Crippen molar-refractivity contribution in [2.24, 2.45) is 0 Å². The molecule has 4 aromatic rings. The third kappa shape index (κ3) is 4.25. The summed E-state index contributed by atoms with van der Waals surface area (Å²) in [4.78, 5) is 29.2. The summed E-state index contributed by atoms with van der Waals surface area (Å²) in [7, 11) is 0. The van der Waals surface area contributed by atoms with Gasteiger partial charge in [-0.15, -0.1) is 0 Å². The maximum Gasteiger partial charge on any atom is 0.279 e. The first-order valence-corrected chi connectivity index (χ1v) is 10.4. The van der Waals surface area contributed by atoms with Crippen LogP contribution in [0.3, 0.4) is 0 Å². The molecule has 4 heterocycles. The van der Waals surface area contributed by atoms with Gasteiger partial charge in [0, 0.05) is 6.20 Å². The Balaban J connectivity index is 1.86. The molecule has 0 aliphatic carbocycles. The number of aromatic nitrogens is 6. The number of ether oxygens (including phenoxy) is 1. The lowest BCUT2D eigenvalue weighted by Gasteiger charge is -2.10. The van der Waals surface area contributed by atoms with Crippen molar-refractivity contribution in [3.63, 3.8) is 0 Å². The molecule has 3 N–H and O–H groups in total. The van der Waals surface area contributed by atoms with Crippen LogP contribution < -0.4 is 16.0 Å². The summed E-state index contributed by atoms with van der Waals surface area (Å²) in [5.74, 6) is 0.745. The van der Waals surface area contributed by atoms with Gasteiger partial charge in [-0.25, -0.2) is 9.97 Å². The number of nitrogens with zero attached hydrogens (tertiary/aromatic N) is 5. The lowest BCUT2D eigenvalue weighted by Crippen LogP contribution is -2.11. The minimum Gasteiger partial charge on any atom is -0.477 e. The van der Waals surface area contributed by atoms with Crippen LogP contribution in [0.25, 0.3) is 22.4 Å². The number of anilines is 1. The number of aryl methyl sites for hydroxylation is 1. The van der Waals surface area contributed by atoms with Crippen LogP contribution in [0.1, 0.15) is 38.1 Å². The van der Waals surface area contributed by atoms with Gasteiger partial charge in [0.1, 0.15) is 11.3 Å². The molecule has 0 atom stereocenters. The SMILES string of the molecule is CCCOc1ncc(N)cc1-c1nc2c(CCC)n(Cc3ccccn3)nc2c(=O)[nH]1. The van der Waals surface area contributed by atoms with Gasteiger partial charge in [0.2, 0.25) is 5.88 Å². The van der Waals surface area contributed by atoms with Crippen LogP contribution >= 0.6 is 0 Å². The van der Waals surface area contributed by atoms with Crippen LogP contribution in [-0.2, 0) is 13.0 Å². The number of H-pyrrole nitrogens is 1. The summed E-state index contributed by atoms with van der Waals surface area (Å²) in [6, 6.07) is 7.44. The Hall–Kier alpha value is -3.75. The molecule has 0 radical (unpaired) electrons. The van der Waals surface area contributed by atoms with Gasteiger partial charge in [0.25, 0.3) is 5.56 Å². The fourth-order valence-electron chi connectivity index (χ4n) is 3.40. The molecule has 0 aromatic carbocycles. The van der Waals surface area contributed by atoms with Crippen molar-refractivity contribution >= 4 is 16.7 Å². The standard InChI is InChI=1S/C22H25N7O2/c1-3-7-17-18-19(28-29(17)13-15-8-5-6-9-24-15)21(30)27-20(26-18)16-11-14(23)12-25-22(16)31-10-4-2/h5-6,8-9,11-12H,3-4,7,10,13,23H2,1-2H3,(H,26,27,30). The summed E-state index contributed by atoms with van der Waals surface area (Å²) in [6.45, 7) is 5.05. The Bertz CT molecular complexity index is 1250. The van der Waals surface area contributed by atoms with E-state index in [1.54, 1.807) is 12.3 Å². The molecule has 0 saturated carbocycles. The van der Waals surface area contributed by atoms with E-state index < -0.39 is 0 Å². The van der Waals surface area contributed by atoms with Gasteiger partial charge in [-0.1, -0.05) is 26.3 Å². The van der Waals surface area contributed by atoms with Gasteiger partial charge in [0.15, 0.2) is 5.52 Å². The van der Waals surface area contributed by atoms with Crippen molar-refractivity contribution in [2.75, 3.05) is 12.3 Å². The van der Waals surface area contributed by atoms with Gasteiger partial charge >= 0.3 is 0 Å². The van der Waals surface area contributed by atoms with E-state index in [0.717, 1.165) is 30.7 Å². The highest BCUT2D eigenvalue weighted by Crippen LogP contribution is 2.28. The number of rotatable bonds is 8. The molecule has 4 rings (SSSR count). The first-order chi connectivity index (χ1) is 15.1. The molecule has 0 fully saturated rings. The maximum absolute atomic E-state index is 12.9. The first kappa shape index (κ1) is 20.5. The molecule has 160 valence electrons. The summed E-state index contributed by atoms with van der Waals surface area (Å²) in [5, 5.41) is 4.55. The van der Waals surface area contributed by atoms with E-state index in [0.29, 0.717) is 47.1 Å². The second-order valence-electron chi connectivity index (χ2n) is 7.26. The summed E-state index contributed by atoms with van der Waals surface area (Å²) < 4.78 is 7.57. The second-order valence-corrected chi connectivity index (χ2v) is 7.26. The number of pyridine rings is 2. The fraction of sp³-hybridized carbons (Fsp3) is 0.318. The number of hydrogen-bond donors (Lipinski definition) is 2. The fourth-order valence-corrected chi connectivity index (χ4v) is 3.40. The van der Waals surface area contributed by atoms with Crippen LogP contribution in [0.5, 0.6) is 5.88 Å². The van der Waals surface area contributed by atoms with E-state index in [1.807, 2.05) is 29.8 Å². The van der Waals surface area contributed by atoms with Gasteiger partial charge in [-0.2, -0.15) is 5.10 Å². The summed E-state index contributed by atoms with van der Waals surface area (Å²) in [5.41, 5.74) is 9.26. The number of fused-ring (bicyclic) bond motifs is 1. The van der Waals surface area contributed by atoms with E-state index in [-0.39, 0.29) is 5.56 Å². The molecule has 0 unspecified atom stereocenters. The molecular formula is C22H25N7O2. The monoisotopic (exact) mass is 419 g/mol. The summed E-state index contributed by atoms with van der Waals surface area (Å²) in [6.07, 6.45) is 5.71. The first-order valence-electron chi connectivity index (χ1n) is 10.4. The van der Waals surface area contributed by atoms with Crippen LogP contribution in [0.4, 0.5) is 5.69 Å². The van der Waals surface area contributed by atoms with E-state index in [2.05, 4.69) is 27.0 Å². The molecule has 0 saturated heterocycles. The van der Waals surface area contributed by atoms with Crippen LogP contribution in [0, 0.1) is 0 Å². The number of nitrogens with two attached hydrogens (primary N) is 1.